The first-order valence-electron chi connectivity index (χ1n) is 9.76. The molecule has 5 atom stereocenters. The Morgan fingerprint density at radius 2 is 1.89 bits per heavy atom. The molecule has 7 heteroatoms. The van der Waals surface area contributed by atoms with Crippen molar-refractivity contribution in [1.29, 1.82) is 0 Å². The third-order valence-electron chi connectivity index (χ3n) is 6.45. The summed E-state index contributed by atoms with van der Waals surface area (Å²) in [7, 11) is -3.55. The number of aliphatic carboxylic acids is 1. The van der Waals surface area contributed by atoms with Crippen LogP contribution in [0.15, 0.2) is 29.2 Å². The minimum atomic E-state index is -3.55. The molecule has 5 unspecified atom stereocenters. The molecule has 0 aromatic heterocycles. The van der Waals surface area contributed by atoms with Crippen molar-refractivity contribution in [2.24, 2.45) is 23.7 Å². The van der Waals surface area contributed by atoms with Gasteiger partial charge in [0.2, 0.25) is 10.0 Å². The molecule has 2 aliphatic rings. The predicted octanol–water partition coefficient (Wildman–Crippen LogP) is 4.31. The molecule has 2 N–H and O–H groups in total. The van der Waals surface area contributed by atoms with Gasteiger partial charge >= 0.3 is 5.97 Å². The number of hydrogen-bond acceptors (Lipinski definition) is 3. The zero-order chi connectivity index (χ0) is 19.6. The van der Waals surface area contributed by atoms with Gasteiger partial charge in [0.25, 0.3) is 0 Å². The highest BCUT2D eigenvalue weighted by molar-refractivity contribution is 7.89. The molecule has 0 radical (unpaired) electrons. The van der Waals surface area contributed by atoms with Crippen molar-refractivity contribution in [3.8, 4) is 0 Å². The Kier molecular flexibility index (Phi) is 6.49. The lowest BCUT2D eigenvalue weighted by Crippen LogP contribution is -2.45. The van der Waals surface area contributed by atoms with Crippen molar-refractivity contribution in [3.05, 3.63) is 29.3 Å². The average Bonchev–Trinajstić information content (AvgIpc) is 2.61. The molecule has 1 aromatic rings. The molecule has 150 valence electrons. The third kappa shape index (κ3) is 5.04. The van der Waals surface area contributed by atoms with E-state index in [1.165, 1.54) is 12.1 Å². The van der Waals surface area contributed by atoms with Crippen LogP contribution in [-0.2, 0) is 14.8 Å². The van der Waals surface area contributed by atoms with E-state index >= 15 is 0 Å². The highest BCUT2D eigenvalue weighted by Gasteiger charge is 2.41. The van der Waals surface area contributed by atoms with Gasteiger partial charge in [-0.3, -0.25) is 4.79 Å². The summed E-state index contributed by atoms with van der Waals surface area (Å²) < 4.78 is 28.2. The Morgan fingerprint density at radius 3 is 2.56 bits per heavy atom. The third-order valence-corrected chi connectivity index (χ3v) is 8.24. The number of carboxylic acids is 1. The fourth-order valence-corrected chi connectivity index (χ4v) is 6.50. The summed E-state index contributed by atoms with van der Waals surface area (Å²) in [5, 5.41) is 9.55. The second-order valence-electron chi connectivity index (χ2n) is 8.16. The van der Waals surface area contributed by atoms with Crippen LogP contribution in [0.2, 0.25) is 5.02 Å². The van der Waals surface area contributed by atoms with Crippen LogP contribution in [0.4, 0.5) is 0 Å². The summed E-state index contributed by atoms with van der Waals surface area (Å²) in [6.45, 7) is 2.23. The molecule has 2 fully saturated rings. The topological polar surface area (TPSA) is 83.5 Å². The summed E-state index contributed by atoms with van der Waals surface area (Å²) >= 11 is 5.85. The maximum absolute atomic E-state index is 12.6. The molecule has 0 aliphatic heterocycles. The zero-order valence-corrected chi connectivity index (χ0v) is 17.2. The standard InChI is InChI=1S/C20H28ClNO4S/c1-13-2-3-14-12-16(6-9-19(14)18(13)10-11-20(23)24)22-27(25,26)17-7-4-15(21)5-8-17/h4-5,7-8,13-14,16,18-19,22H,2-3,6,9-12H2,1H3,(H,23,24). The summed E-state index contributed by atoms with van der Waals surface area (Å²) in [5.74, 6) is 1.26. The highest BCUT2D eigenvalue weighted by Crippen LogP contribution is 2.48. The molecule has 2 aliphatic carbocycles. The van der Waals surface area contributed by atoms with E-state index in [2.05, 4.69) is 11.6 Å². The van der Waals surface area contributed by atoms with Gasteiger partial charge in [-0.05, 0) is 80.0 Å². The number of benzene rings is 1. The van der Waals surface area contributed by atoms with Crippen molar-refractivity contribution in [3.63, 3.8) is 0 Å². The smallest absolute Gasteiger partial charge is 0.303 e. The van der Waals surface area contributed by atoms with Gasteiger partial charge in [-0.15, -0.1) is 0 Å². The summed E-state index contributed by atoms with van der Waals surface area (Å²) in [6.07, 6.45) is 5.78. The Bertz CT molecular complexity index is 765. The number of carbonyl (C=O) groups is 1. The van der Waals surface area contributed by atoms with Crippen LogP contribution < -0.4 is 4.72 Å². The average molecular weight is 414 g/mol. The molecule has 0 heterocycles. The molecular weight excluding hydrogens is 386 g/mol. The Labute approximate surface area is 166 Å². The molecule has 2 saturated carbocycles. The number of halogens is 1. The SMILES string of the molecule is CC1CCC2CC(NS(=O)(=O)c3ccc(Cl)cc3)CCC2C1CCC(=O)O. The Balaban J connectivity index is 1.64. The summed E-state index contributed by atoms with van der Waals surface area (Å²) in [6, 6.07) is 6.17. The molecule has 27 heavy (non-hydrogen) atoms. The summed E-state index contributed by atoms with van der Waals surface area (Å²) in [4.78, 5) is 11.2. The molecule has 3 rings (SSSR count). The number of rotatable bonds is 6. The summed E-state index contributed by atoms with van der Waals surface area (Å²) in [5.41, 5.74) is 0. The van der Waals surface area contributed by atoms with Gasteiger partial charge in [-0.25, -0.2) is 13.1 Å². The molecular formula is C20H28ClNO4S. The zero-order valence-electron chi connectivity index (χ0n) is 15.6. The van der Waals surface area contributed by atoms with E-state index in [4.69, 9.17) is 16.7 Å². The van der Waals surface area contributed by atoms with Gasteiger partial charge in [0.05, 0.1) is 4.90 Å². The van der Waals surface area contributed by atoms with Crippen molar-refractivity contribution in [2.75, 3.05) is 0 Å². The van der Waals surface area contributed by atoms with E-state index in [1.54, 1.807) is 12.1 Å². The predicted molar refractivity (Wildman–Crippen MR) is 105 cm³/mol. The van der Waals surface area contributed by atoms with E-state index in [1.807, 2.05) is 0 Å². The number of fused-ring (bicyclic) bond motifs is 1. The van der Waals surface area contributed by atoms with Crippen molar-refractivity contribution in [1.82, 2.24) is 4.72 Å². The van der Waals surface area contributed by atoms with E-state index in [9.17, 15) is 13.2 Å². The minimum Gasteiger partial charge on any atom is -0.481 e. The second kappa shape index (κ2) is 8.50. The van der Waals surface area contributed by atoms with E-state index in [0.29, 0.717) is 28.7 Å². The van der Waals surface area contributed by atoms with Gasteiger partial charge in [0.15, 0.2) is 0 Å². The number of sulfonamides is 1. The van der Waals surface area contributed by atoms with E-state index in [-0.39, 0.29) is 17.4 Å². The Hall–Kier alpha value is -1.11. The normalized spacial score (nSPS) is 31.3. The van der Waals surface area contributed by atoms with Gasteiger partial charge in [0, 0.05) is 17.5 Å². The number of nitrogens with one attached hydrogen (secondary N) is 1. The van der Waals surface area contributed by atoms with Crippen LogP contribution >= 0.6 is 11.6 Å². The molecule has 0 saturated heterocycles. The molecule has 5 nitrogen and oxygen atoms in total. The minimum absolute atomic E-state index is 0.0551. The second-order valence-corrected chi connectivity index (χ2v) is 10.3. The van der Waals surface area contributed by atoms with E-state index in [0.717, 1.165) is 38.5 Å². The Morgan fingerprint density at radius 1 is 1.19 bits per heavy atom. The first-order chi connectivity index (χ1) is 12.8. The van der Waals surface area contributed by atoms with Gasteiger partial charge in [0.1, 0.15) is 0 Å². The van der Waals surface area contributed by atoms with E-state index < -0.39 is 16.0 Å². The molecule has 0 spiro atoms. The van der Waals surface area contributed by atoms with Gasteiger partial charge < -0.3 is 5.11 Å². The molecule has 0 amide bonds. The van der Waals surface area contributed by atoms with Crippen LogP contribution in [0.25, 0.3) is 0 Å². The fraction of sp³-hybridized carbons (Fsp3) is 0.650. The van der Waals surface area contributed by atoms with Crippen LogP contribution in [-0.4, -0.2) is 25.5 Å². The first kappa shape index (κ1) is 20.6. The van der Waals surface area contributed by atoms with Crippen LogP contribution in [0, 0.1) is 23.7 Å². The lowest BCUT2D eigenvalue weighted by atomic mass is 9.60. The fourth-order valence-electron chi connectivity index (χ4n) is 5.09. The number of carboxylic acid groups (broad SMARTS) is 1. The van der Waals surface area contributed by atoms with Crippen molar-refractivity contribution in [2.45, 2.75) is 62.8 Å². The maximum atomic E-state index is 12.6. The lowest BCUT2D eigenvalue weighted by Gasteiger charge is -2.47. The maximum Gasteiger partial charge on any atom is 0.303 e. The van der Waals surface area contributed by atoms with Crippen LogP contribution in [0.3, 0.4) is 0 Å². The van der Waals surface area contributed by atoms with Crippen molar-refractivity contribution < 1.29 is 18.3 Å². The number of hydrogen-bond donors (Lipinski definition) is 2. The quantitative estimate of drug-likeness (QED) is 0.727. The first-order valence-corrected chi connectivity index (χ1v) is 11.6. The lowest BCUT2D eigenvalue weighted by molar-refractivity contribution is -0.137. The van der Waals surface area contributed by atoms with Crippen molar-refractivity contribution >= 4 is 27.6 Å². The van der Waals surface area contributed by atoms with Crippen LogP contribution in [0.5, 0.6) is 0 Å². The molecule has 0 bridgehead atoms. The van der Waals surface area contributed by atoms with Crippen LogP contribution in [0.1, 0.15) is 51.9 Å². The highest BCUT2D eigenvalue weighted by atomic mass is 35.5. The monoisotopic (exact) mass is 413 g/mol. The molecule has 1 aromatic carbocycles. The largest absolute Gasteiger partial charge is 0.481 e. The van der Waals surface area contributed by atoms with Gasteiger partial charge in [-0.2, -0.15) is 0 Å². The van der Waals surface area contributed by atoms with Gasteiger partial charge in [-0.1, -0.05) is 24.9 Å².